The first kappa shape index (κ1) is 20.7. The second-order valence-electron chi connectivity index (χ2n) is 6.15. The van der Waals surface area contributed by atoms with Gasteiger partial charge in [-0.3, -0.25) is 9.59 Å². The lowest BCUT2D eigenvalue weighted by molar-refractivity contribution is -0.113. The van der Waals surface area contributed by atoms with Gasteiger partial charge in [0.1, 0.15) is 11.5 Å². The van der Waals surface area contributed by atoms with E-state index in [4.69, 9.17) is 13.9 Å². The zero-order chi connectivity index (χ0) is 21.3. The Morgan fingerprint density at radius 1 is 1.03 bits per heavy atom. The summed E-state index contributed by atoms with van der Waals surface area (Å²) in [4.78, 5) is 25.5. The van der Waals surface area contributed by atoms with Gasteiger partial charge < -0.3 is 24.5 Å². The molecule has 2 amide bonds. The van der Waals surface area contributed by atoms with Crippen molar-refractivity contribution in [2.24, 2.45) is 0 Å². The molecule has 0 fully saturated rings. The van der Waals surface area contributed by atoms with Gasteiger partial charge in [-0.25, -0.2) is 0 Å². The van der Waals surface area contributed by atoms with Crippen LogP contribution in [0.5, 0.6) is 11.5 Å². The van der Waals surface area contributed by atoms with E-state index in [0.29, 0.717) is 35.1 Å². The molecular formula is C23H22N2O5. The van der Waals surface area contributed by atoms with Crippen LogP contribution >= 0.6 is 0 Å². The highest BCUT2D eigenvalue weighted by atomic mass is 16.5. The fourth-order valence-corrected chi connectivity index (χ4v) is 2.68. The largest absolute Gasteiger partial charge is 0.493 e. The highest BCUT2D eigenvalue weighted by Crippen LogP contribution is 2.30. The van der Waals surface area contributed by atoms with Crippen LogP contribution in [0.2, 0.25) is 0 Å². The number of methoxy groups -OCH3 is 1. The molecule has 30 heavy (non-hydrogen) atoms. The van der Waals surface area contributed by atoms with Gasteiger partial charge in [0.25, 0.3) is 11.8 Å². The number of ether oxygens (including phenoxy) is 2. The van der Waals surface area contributed by atoms with E-state index in [1.807, 2.05) is 13.0 Å². The van der Waals surface area contributed by atoms with Crippen molar-refractivity contribution in [1.29, 1.82) is 0 Å². The maximum atomic E-state index is 12.9. The van der Waals surface area contributed by atoms with Gasteiger partial charge in [-0.15, -0.1) is 0 Å². The van der Waals surface area contributed by atoms with Gasteiger partial charge in [-0.1, -0.05) is 18.2 Å². The molecule has 0 aliphatic heterocycles. The molecule has 1 heterocycles. The van der Waals surface area contributed by atoms with Crippen LogP contribution in [0.3, 0.4) is 0 Å². The van der Waals surface area contributed by atoms with Crippen LogP contribution in [0.25, 0.3) is 6.08 Å². The SMILES string of the molecule is CCOc1ccc(NC(=O)/C(=C/c2ccco2)NC(=O)c2ccccc2)cc1OC. The van der Waals surface area contributed by atoms with Crippen molar-refractivity contribution in [3.8, 4) is 11.5 Å². The minimum Gasteiger partial charge on any atom is -0.493 e. The summed E-state index contributed by atoms with van der Waals surface area (Å²) in [5.74, 6) is 0.564. The topological polar surface area (TPSA) is 89.8 Å². The molecule has 2 N–H and O–H groups in total. The summed E-state index contributed by atoms with van der Waals surface area (Å²) >= 11 is 0. The Balaban J connectivity index is 1.83. The fraction of sp³-hybridized carbons (Fsp3) is 0.130. The van der Waals surface area contributed by atoms with Crippen LogP contribution in [-0.2, 0) is 4.79 Å². The summed E-state index contributed by atoms with van der Waals surface area (Å²) < 4.78 is 16.1. The molecule has 3 aromatic rings. The predicted octanol–water partition coefficient (Wildman–Crippen LogP) is 4.10. The maximum Gasteiger partial charge on any atom is 0.272 e. The number of furan rings is 1. The first-order valence-corrected chi connectivity index (χ1v) is 9.34. The van der Waals surface area contributed by atoms with Gasteiger partial charge in [0.2, 0.25) is 0 Å². The average molecular weight is 406 g/mol. The normalized spacial score (nSPS) is 10.9. The molecule has 0 atom stereocenters. The third kappa shape index (κ3) is 5.29. The fourth-order valence-electron chi connectivity index (χ4n) is 2.68. The molecule has 154 valence electrons. The van der Waals surface area contributed by atoms with Gasteiger partial charge in [0, 0.05) is 23.4 Å². The number of carbonyl (C=O) groups excluding carboxylic acids is 2. The molecule has 0 aliphatic carbocycles. The summed E-state index contributed by atoms with van der Waals surface area (Å²) in [5.41, 5.74) is 0.949. The number of carbonyl (C=O) groups is 2. The van der Waals surface area contributed by atoms with Crippen molar-refractivity contribution in [2.75, 3.05) is 19.0 Å². The van der Waals surface area contributed by atoms with Crippen LogP contribution < -0.4 is 20.1 Å². The lowest BCUT2D eigenvalue weighted by atomic mass is 10.2. The van der Waals surface area contributed by atoms with E-state index in [-0.39, 0.29) is 5.70 Å². The number of rotatable bonds is 8. The average Bonchev–Trinajstić information content (AvgIpc) is 3.28. The summed E-state index contributed by atoms with van der Waals surface area (Å²) in [6.07, 6.45) is 2.94. The van der Waals surface area contributed by atoms with Gasteiger partial charge in [0.05, 0.1) is 20.0 Å². The predicted molar refractivity (Wildman–Crippen MR) is 113 cm³/mol. The number of anilines is 1. The molecule has 2 aromatic carbocycles. The van der Waals surface area contributed by atoms with Crippen molar-refractivity contribution >= 4 is 23.6 Å². The molecule has 7 heteroatoms. The zero-order valence-corrected chi connectivity index (χ0v) is 16.7. The van der Waals surface area contributed by atoms with E-state index in [1.165, 1.54) is 19.4 Å². The minimum atomic E-state index is -0.512. The second kappa shape index (κ2) is 9.97. The van der Waals surface area contributed by atoms with Crippen molar-refractivity contribution < 1.29 is 23.5 Å². The van der Waals surface area contributed by atoms with Crippen molar-refractivity contribution in [1.82, 2.24) is 5.32 Å². The van der Waals surface area contributed by atoms with E-state index in [2.05, 4.69) is 10.6 Å². The maximum absolute atomic E-state index is 12.9. The standard InChI is InChI=1S/C23H22N2O5/c1-3-29-20-12-11-17(14-21(20)28-2)24-23(27)19(15-18-10-7-13-30-18)25-22(26)16-8-5-4-6-9-16/h4-15H,3H2,1-2H3,(H,24,27)(H,25,26)/b19-15-. The molecule has 0 spiro atoms. The van der Waals surface area contributed by atoms with Crippen LogP contribution in [0.1, 0.15) is 23.0 Å². The number of nitrogens with one attached hydrogen (secondary N) is 2. The summed E-state index contributed by atoms with van der Waals surface area (Å²) in [6.45, 7) is 2.36. The Labute approximate surface area is 174 Å². The molecule has 0 aliphatic rings. The summed E-state index contributed by atoms with van der Waals surface area (Å²) in [5, 5.41) is 5.40. The third-order valence-corrected chi connectivity index (χ3v) is 4.08. The molecule has 0 saturated carbocycles. The third-order valence-electron chi connectivity index (χ3n) is 4.08. The molecule has 0 radical (unpaired) electrons. The summed E-state index contributed by atoms with van der Waals surface area (Å²) in [6, 6.07) is 17.0. The molecule has 3 rings (SSSR count). The van der Waals surface area contributed by atoms with Crippen LogP contribution in [0.15, 0.2) is 77.0 Å². The van der Waals surface area contributed by atoms with Crippen molar-refractivity contribution in [3.05, 3.63) is 83.9 Å². The molecule has 0 unspecified atom stereocenters. The molecule has 1 aromatic heterocycles. The molecule has 0 bridgehead atoms. The highest BCUT2D eigenvalue weighted by Gasteiger charge is 2.16. The van der Waals surface area contributed by atoms with E-state index in [9.17, 15) is 9.59 Å². The Morgan fingerprint density at radius 2 is 1.83 bits per heavy atom. The number of amides is 2. The minimum absolute atomic E-state index is 0.0339. The van der Waals surface area contributed by atoms with E-state index in [1.54, 1.807) is 54.6 Å². The second-order valence-corrected chi connectivity index (χ2v) is 6.15. The lowest BCUT2D eigenvalue weighted by Gasteiger charge is -2.13. The van der Waals surface area contributed by atoms with E-state index >= 15 is 0 Å². The van der Waals surface area contributed by atoms with Gasteiger partial charge in [0.15, 0.2) is 11.5 Å². The van der Waals surface area contributed by atoms with Gasteiger partial charge in [-0.2, -0.15) is 0 Å². The first-order valence-electron chi connectivity index (χ1n) is 9.34. The van der Waals surface area contributed by atoms with E-state index < -0.39 is 11.8 Å². The van der Waals surface area contributed by atoms with Crippen LogP contribution in [0, 0.1) is 0 Å². The van der Waals surface area contributed by atoms with Gasteiger partial charge >= 0.3 is 0 Å². The highest BCUT2D eigenvalue weighted by molar-refractivity contribution is 6.10. The quantitative estimate of drug-likeness (QED) is 0.550. The van der Waals surface area contributed by atoms with Crippen LogP contribution in [-0.4, -0.2) is 25.5 Å². The Kier molecular flexibility index (Phi) is 6.89. The number of benzene rings is 2. The Hall–Kier alpha value is -4.00. The molecule has 0 saturated heterocycles. The summed E-state index contributed by atoms with van der Waals surface area (Å²) in [7, 11) is 1.52. The Morgan fingerprint density at radius 3 is 2.50 bits per heavy atom. The molecular weight excluding hydrogens is 384 g/mol. The zero-order valence-electron chi connectivity index (χ0n) is 16.7. The lowest BCUT2D eigenvalue weighted by Crippen LogP contribution is -2.30. The molecule has 7 nitrogen and oxygen atoms in total. The smallest absolute Gasteiger partial charge is 0.272 e. The Bertz CT molecular complexity index is 1030. The van der Waals surface area contributed by atoms with E-state index in [0.717, 1.165) is 0 Å². The van der Waals surface area contributed by atoms with Crippen LogP contribution in [0.4, 0.5) is 5.69 Å². The monoisotopic (exact) mass is 406 g/mol. The van der Waals surface area contributed by atoms with Gasteiger partial charge in [-0.05, 0) is 43.3 Å². The first-order chi connectivity index (χ1) is 14.6. The number of hydrogen-bond acceptors (Lipinski definition) is 5. The number of hydrogen-bond donors (Lipinski definition) is 2. The van der Waals surface area contributed by atoms with Crippen molar-refractivity contribution in [3.63, 3.8) is 0 Å². The van der Waals surface area contributed by atoms with Crippen molar-refractivity contribution in [2.45, 2.75) is 6.92 Å².